The molecule has 0 radical (unpaired) electrons. The van der Waals surface area contributed by atoms with Gasteiger partial charge in [0.05, 0.1) is 16.3 Å². The lowest BCUT2D eigenvalue weighted by Gasteiger charge is -2.31. The summed E-state index contributed by atoms with van der Waals surface area (Å²) >= 11 is 0. The molecule has 1 saturated heterocycles. The fourth-order valence-corrected chi connectivity index (χ4v) is 6.02. The van der Waals surface area contributed by atoms with Gasteiger partial charge < -0.3 is 14.6 Å². The lowest BCUT2D eigenvalue weighted by Crippen LogP contribution is -2.45. The molecule has 1 aliphatic rings. The molecule has 1 atom stereocenters. The number of amides is 1. The molecule has 1 aromatic heterocycles. The van der Waals surface area contributed by atoms with Gasteiger partial charge >= 0.3 is 5.76 Å². The van der Waals surface area contributed by atoms with Crippen LogP contribution in [0.3, 0.4) is 0 Å². The Morgan fingerprint density at radius 2 is 1.97 bits per heavy atom. The van der Waals surface area contributed by atoms with Crippen LogP contribution in [-0.4, -0.2) is 61.3 Å². The topological polar surface area (TPSA) is 105 Å². The maximum Gasteiger partial charge on any atom is 0.419 e. The Morgan fingerprint density at radius 1 is 1.20 bits per heavy atom. The molecule has 9 nitrogen and oxygen atoms in total. The Balaban J connectivity index is 1.30. The summed E-state index contributed by atoms with van der Waals surface area (Å²) in [5, 5.41) is 2.98. The number of carbonyl (C=O) groups is 1. The van der Waals surface area contributed by atoms with Crippen molar-refractivity contribution < 1.29 is 17.6 Å². The molecule has 0 saturated carbocycles. The van der Waals surface area contributed by atoms with Crippen molar-refractivity contribution in [2.75, 3.05) is 33.2 Å². The van der Waals surface area contributed by atoms with Crippen molar-refractivity contribution in [2.24, 2.45) is 13.0 Å². The fourth-order valence-electron chi connectivity index (χ4n) is 4.48. The summed E-state index contributed by atoms with van der Waals surface area (Å²) < 4.78 is 34.3. The molecule has 188 valence electrons. The number of hydrogen-bond acceptors (Lipinski definition) is 6. The Kier molecular flexibility index (Phi) is 7.73. The number of piperidine rings is 1. The zero-order valence-electron chi connectivity index (χ0n) is 20.1. The molecule has 4 rings (SSSR count). The summed E-state index contributed by atoms with van der Waals surface area (Å²) in [7, 11) is -0.195. The van der Waals surface area contributed by atoms with Gasteiger partial charge in [-0.3, -0.25) is 9.36 Å². The van der Waals surface area contributed by atoms with Crippen LogP contribution >= 0.6 is 0 Å². The standard InChI is InChI=1S/C25H32N4O5S/c1-27(17-19-8-4-3-5-9-19)14-7-13-26-24(30)20-10-6-15-29(18-20)35(32,33)21-11-12-22-23(16-21)34-25(31)28(22)2/h3-5,8-9,11-12,16,20H,6-7,10,13-15,17-18H2,1-2H3,(H,26,30). The Bertz CT molecular complexity index is 1330. The Morgan fingerprint density at radius 3 is 2.74 bits per heavy atom. The monoisotopic (exact) mass is 500 g/mol. The molecule has 2 aromatic carbocycles. The van der Waals surface area contributed by atoms with E-state index in [0.717, 1.165) is 19.5 Å². The van der Waals surface area contributed by atoms with E-state index in [1.165, 1.54) is 26.6 Å². The van der Waals surface area contributed by atoms with E-state index in [1.807, 2.05) is 18.2 Å². The van der Waals surface area contributed by atoms with Crippen LogP contribution < -0.4 is 11.1 Å². The van der Waals surface area contributed by atoms with Gasteiger partial charge in [-0.2, -0.15) is 4.31 Å². The Labute approximate surface area is 205 Å². The molecule has 0 bridgehead atoms. The summed E-state index contributed by atoms with van der Waals surface area (Å²) in [5.74, 6) is -1.05. The van der Waals surface area contributed by atoms with Crippen LogP contribution in [0.25, 0.3) is 11.1 Å². The highest BCUT2D eigenvalue weighted by Crippen LogP contribution is 2.26. The van der Waals surface area contributed by atoms with Crippen molar-refractivity contribution in [2.45, 2.75) is 30.7 Å². The maximum absolute atomic E-state index is 13.2. The van der Waals surface area contributed by atoms with Gasteiger partial charge in [0.2, 0.25) is 15.9 Å². The van der Waals surface area contributed by atoms with E-state index in [4.69, 9.17) is 4.42 Å². The lowest BCUT2D eigenvalue weighted by molar-refractivity contribution is -0.126. The predicted octanol–water partition coefficient (Wildman–Crippen LogP) is 2.17. The first-order valence-corrected chi connectivity index (χ1v) is 13.3. The predicted molar refractivity (Wildman–Crippen MR) is 133 cm³/mol. The number of benzene rings is 2. The van der Waals surface area contributed by atoms with E-state index in [9.17, 15) is 18.0 Å². The highest BCUT2D eigenvalue weighted by Gasteiger charge is 2.33. The molecule has 1 N–H and O–H groups in total. The van der Waals surface area contributed by atoms with Crippen LogP contribution in [0.5, 0.6) is 0 Å². The zero-order chi connectivity index (χ0) is 25.0. The van der Waals surface area contributed by atoms with E-state index >= 15 is 0 Å². The summed E-state index contributed by atoms with van der Waals surface area (Å²) in [6.45, 7) is 2.73. The fraction of sp³-hybridized carbons (Fsp3) is 0.440. The number of aromatic nitrogens is 1. The minimum Gasteiger partial charge on any atom is -0.408 e. The first-order chi connectivity index (χ1) is 16.8. The van der Waals surface area contributed by atoms with Gasteiger partial charge in [-0.25, -0.2) is 13.2 Å². The van der Waals surface area contributed by atoms with Crippen molar-refractivity contribution in [1.29, 1.82) is 0 Å². The molecule has 2 heterocycles. The summed E-state index contributed by atoms with van der Waals surface area (Å²) in [4.78, 5) is 26.8. The third-order valence-electron chi connectivity index (χ3n) is 6.47. The first kappa shape index (κ1) is 25.2. The second kappa shape index (κ2) is 10.8. The highest BCUT2D eigenvalue weighted by molar-refractivity contribution is 7.89. The van der Waals surface area contributed by atoms with Crippen molar-refractivity contribution >= 4 is 27.0 Å². The van der Waals surface area contributed by atoms with Crippen LogP contribution in [0.4, 0.5) is 0 Å². The number of nitrogens with zero attached hydrogens (tertiary/aromatic N) is 3. The third-order valence-corrected chi connectivity index (χ3v) is 8.33. The number of oxazole rings is 1. The number of hydrogen-bond donors (Lipinski definition) is 1. The minimum absolute atomic E-state index is 0.0573. The molecule has 0 aliphatic carbocycles. The average Bonchev–Trinajstić information content (AvgIpc) is 3.15. The lowest BCUT2D eigenvalue weighted by atomic mass is 9.99. The van der Waals surface area contributed by atoms with E-state index < -0.39 is 15.8 Å². The van der Waals surface area contributed by atoms with Crippen LogP contribution in [0.15, 0.2) is 62.6 Å². The van der Waals surface area contributed by atoms with Gasteiger partial charge in [-0.1, -0.05) is 30.3 Å². The van der Waals surface area contributed by atoms with Crippen molar-refractivity contribution in [3.8, 4) is 0 Å². The van der Waals surface area contributed by atoms with Gasteiger partial charge in [0.15, 0.2) is 5.58 Å². The van der Waals surface area contributed by atoms with Gasteiger partial charge in [0.25, 0.3) is 0 Å². The summed E-state index contributed by atoms with van der Waals surface area (Å²) in [6.07, 6.45) is 2.07. The Hall–Kier alpha value is -2.95. The first-order valence-electron chi connectivity index (χ1n) is 11.9. The minimum atomic E-state index is -3.81. The normalized spacial score (nSPS) is 17.2. The van der Waals surface area contributed by atoms with Gasteiger partial charge in [0.1, 0.15) is 0 Å². The molecule has 0 spiro atoms. The van der Waals surface area contributed by atoms with E-state index in [-0.39, 0.29) is 28.8 Å². The van der Waals surface area contributed by atoms with Crippen molar-refractivity contribution in [3.63, 3.8) is 0 Å². The van der Waals surface area contributed by atoms with Gasteiger partial charge in [0, 0.05) is 39.3 Å². The molecule has 1 amide bonds. The second-order valence-corrected chi connectivity index (χ2v) is 11.1. The molecule has 1 unspecified atom stereocenters. The quantitative estimate of drug-likeness (QED) is 0.452. The molecular weight excluding hydrogens is 468 g/mol. The van der Waals surface area contributed by atoms with E-state index in [2.05, 4.69) is 29.4 Å². The summed E-state index contributed by atoms with van der Waals surface area (Å²) in [5.41, 5.74) is 2.00. The van der Waals surface area contributed by atoms with Crippen LogP contribution in [0.1, 0.15) is 24.8 Å². The van der Waals surface area contributed by atoms with Crippen LogP contribution in [0, 0.1) is 5.92 Å². The molecular formula is C25H32N4O5S. The summed E-state index contributed by atoms with van der Waals surface area (Å²) in [6, 6.07) is 14.6. The van der Waals surface area contributed by atoms with Crippen LogP contribution in [0.2, 0.25) is 0 Å². The molecule has 3 aromatic rings. The molecule has 10 heteroatoms. The number of carbonyl (C=O) groups excluding carboxylic acids is 1. The molecule has 1 aliphatic heterocycles. The van der Waals surface area contributed by atoms with Gasteiger partial charge in [-0.05, 0) is 50.6 Å². The number of nitrogens with one attached hydrogen (secondary N) is 1. The van der Waals surface area contributed by atoms with Crippen LogP contribution in [-0.2, 0) is 28.4 Å². The van der Waals surface area contributed by atoms with Crippen molar-refractivity contribution in [3.05, 3.63) is 64.6 Å². The van der Waals surface area contributed by atoms with E-state index in [1.54, 1.807) is 13.1 Å². The maximum atomic E-state index is 13.2. The highest BCUT2D eigenvalue weighted by atomic mass is 32.2. The molecule has 1 fully saturated rings. The SMILES string of the molecule is CN(CCCNC(=O)C1CCCN(S(=O)(=O)c2ccc3c(c2)oc(=O)n3C)C1)Cc1ccccc1. The number of sulfonamides is 1. The number of rotatable bonds is 9. The van der Waals surface area contributed by atoms with E-state index in [0.29, 0.717) is 31.4 Å². The third kappa shape index (κ3) is 5.83. The second-order valence-electron chi connectivity index (χ2n) is 9.13. The zero-order valence-corrected chi connectivity index (χ0v) is 21.0. The average molecular weight is 501 g/mol. The van der Waals surface area contributed by atoms with Gasteiger partial charge in [-0.15, -0.1) is 0 Å². The number of fused-ring (bicyclic) bond motifs is 1. The largest absolute Gasteiger partial charge is 0.419 e. The number of aryl methyl sites for hydroxylation is 1. The van der Waals surface area contributed by atoms with Crippen molar-refractivity contribution in [1.82, 2.24) is 19.1 Å². The smallest absolute Gasteiger partial charge is 0.408 e. The molecule has 35 heavy (non-hydrogen) atoms.